The summed E-state index contributed by atoms with van der Waals surface area (Å²) in [6, 6.07) is 0. The first-order chi connectivity index (χ1) is 10.7. The molecule has 1 aliphatic rings. The Labute approximate surface area is 128 Å². The van der Waals surface area contributed by atoms with E-state index in [-0.39, 0.29) is 17.9 Å². The van der Waals surface area contributed by atoms with Crippen LogP contribution in [0, 0.1) is 6.92 Å². The summed E-state index contributed by atoms with van der Waals surface area (Å²) in [5.74, 6) is 0.597. The molecule has 0 bridgehead atoms. The molecule has 0 saturated carbocycles. The van der Waals surface area contributed by atoms with E-state index in [0.29, 0.717) is 16.9 Å². The number of fused-ring (bicyclic) bond motifs is 1. The Kier molecular flexibility index (Phi) is 7.16. The molecule has 0 amide bonds. The monoisotopic (exact) mass is 312 g/mol. The molecule has 3 rings (SSSR count). The maximum Gasteiger partial charge on any atom is 0.262 e. The molecule has 1 saturated heterocycles. The van der Waals surface area contributed by atoms with E-state index in [2.05, 4.69) is 22.0 Å². The first kappa shape index (κ1) is 18.3. The fourth-order valence-electron chi connectivity index (χ4n) is 2.42. The lowest BCUT2D eigenvalue weighted by Crippen LogP contribution is -2.15. The summed E-state index contributed by atoms with van der Waals surface area (Å²) in [7, 11) is 2.00. The van der Waals surface area contributed by atoms with Crippen molar-refractivity contribution < 1.29 is 14.9 Å². The Morgan fingerprint density at radius 1 is 1.36 bits per heavy atom. The summed E-state index contributed by atoms with van der Waals surface area (Å²) in [5.41, 5.74) is 0.465. The van der Waals surface area contributed by atoms with Gasteiger partial charge in [0, 0.05) is 14.2 Å². The second-order valence-corrected chi connectivity index (χ2v) is 4.68. The van der Waals surface area contributed by atoms with Crippen LogP contribution < -0.4 is 5.56 Å². The minimum atomic E-state index is -0.145. The first-order valence-corrected chi connectivity index (χ1v) is 7.18. The molecule has 3 heterocycles. The Hall–Kier alpha value is -1.77. The van der Waals surface area contributed by atoms with Crippen molar-refractivity contribution in [1.29, 1.82) is 0 Å². The molecule has 0 radical (unpaired) electrons. The van der Waals surface area contributed by atoms with E-state index in [0.717, 1.165) is 33.5 Å². The lowest BCUT2D eigenvalue weighted by Gasteiger charge is -2.13. The van der Waals surface area contributed by atoms with Gasteiger partial charge in [-0.2, -0.15) is 5.10 Å². The molecule has 2 aromatic heterocycles. The largest absolute Gasteiger partial charge is 0.400 e. The van der Waals surface area contributed by atoms with Crippen LogP contribution >= 0.6 is 0 Å². The van der Waals surface area contributed by atoms with Gasteiger partial charge in [-0.3, -0.25) is 4.79 Å². The third kappa shape index (κ3) is 3.70. The molecule has 124 valence electrons. The lowest BCUT2D eigenvalue weighted by atomic mass is 10.2. The quantitative estimate of drug-likeness (QED) is 0.753. The van der Waals surface area contributed by atoms with Crippen molar-refractivity contribution in [3.8, 4) is 0 Å². The van der Waals surface area contributed by atoms with Crippen molar-refractivity contribution >= 4 is 11.0 Å². The topological polar surface area (TPSA) is 113 Å². The molecular weight excluding hydrogens is 288 g/mol. The smallest absolute Gasteiger partial charge is 0.262 e. The van der Waals surface area contributed by atoms with E-state index in [1.807, 2.05) is 0 Å². The Morgan fingerprint density at radius 3 is 2.64 bits per heavy atom. The molecule has 0 unspecified atom stereocenters. The number of aromatic nitrogens is 4. The van der Waals surface area contributed by atoms with Crippen molar-refractivity contribution in [3.63, 3.8) is 0 Å². The van der Waals surface area contributed by atoms with E-state index in [9.17, 15) is 4.79 Å². The fraction of sp³-hybridized carbons (Fsp3) is 0.643. The SMILES string of the molecule is CC[C@@H]1CC[C@H](n2ncc3c(=O)[nH]c(C)nc32)O1.CO.CO. The highest BCUT2D eigenvalue weighted by molar-refractivity contribution is 5.73. The number of rotatable bonds is 2. The van der Waals surface area contributed by atoms with Crippen LogP contribution in [0.4, 0.5) is 0 Å². The van der Waals surface area contributed by atoms with Crippen molar-refractivity contribution in [3.05, 3.63) is 22.4 Å². The summed E-state index contributed by atoms with van der Waals surface area (Å²) < 4.78 is 7.62. The van der Waals surface area contributed by atoms with Gasteiger partial charge in [-0.15, -0.1) is 0 Å². The van der Waals surface area contributed by atoms with Crippen LogP contribution in [0.15, 0.2) is 11.0 Å². The molecule has 1 fully saturated rings. The number of aromatic amines is 1. The minimum Gasteiger partial charge on any atom is -0.400 e. The van der Waals surface area contributed by atoms with Gasteiger partial charge >= 0.3 is 0 Å². The molecule has 2 atom stereocenters. The average molecular weight is 312 g/mol. The molecule has 1 aliphatic heterocycles. The number of ether oxygens (including phenoxy) is 1. The molecule has 0 spiro atoms. The molecule has 22 heavy (non-hydrogen) atoms. The van der Waals surface area contributed by atoms with Crippen LogP contribution in [0.3, 0.4) is 0 Å². The summed E-state index contributed by atoms with van der Waals surface area (Å²) in [5, 5.41) is 18.8. The van der Waals surface area contributed by atoms with Gasteiger partial charge in [0.15, 0.2) is 11.9 Å². The number of aliphatic hydroxyl groups excluding tert-OH is 2. The van der Waals surface area contributed by atoms with Gasteiger partial charge in [0.2, 0.25) is 0 Å². The third-order valence-electron chi connectivity index (χ3n) is 3.40. The molecule has 2 aromatic rings. The van der Waals surface area contributed by atoms with Gasteiger partial charge in [0.1, 0.15) is 11.2 Å². The second-order valence-electron chi connectivity index (χ2n) is 4.68. The molecule has 8 heteroatoms. The Balaban J connectivity index is 0.000000561. The summed E-state index contributed by atoms with van der Waals surface area (Å²) in [4.78, 5) is 18.8. The van der Waals surface area contributed by atoms with Crippen LogP contribution in [-0.4, -0.2) is 50.3 Å². The van der Waals surface area contributed by atoms with Gasteiger partial charge < -0.3 is 19.9 Å². The van der Waals surface area contributed by atoms with E-state index in [1.54, 1.807) is 17.8 Å². The van der Waals surface area contributed by atoms with Gasteiger partial charge in [-0.1, -0.05) is 6.92 Å². The molecule has 0 aromatic carbocycles. The van der Waals surface area contributed by atoms with Crippen LogP contribution in [0.5, 0.6) is 0 Å². The zero-order chi connectivity index (χ0) is 16.7. The number of hydrogen-bond donors (Lipinski definition) is 3. The highest BCUT2D eigenvalue weighted by Gasteiger charge is 2.27. The van der Waals surface area contributed by atoms with Crippen LogP contribution in [-0.2, 0) is 4.74 Å². The van der Waals surface area contributed by atoms with E-state index < -0.39 is 0 Å². The second kappa shape index (κ2) is 8.62. The highest BCUT2D eigenvalue weighted by atomic mass is 16.5. The van der Waals surface area contributed by atoms with Crippen LogP contribution in [0.1, 0.15) is 38.2 Å². The summed E-state index contributed by atoms with van der Waals surface area (Å²) in [6.07, 6.45) is 4.71. The van der Waals surface area contributed by atoms with Gasteiger partial charge in [0.25, 0.3) is 5.56 Å². The predicted molar refractivity (Wildman–Crippen MR) is 82.6 cm³/mol. The van der Waals surface area contributed by atoms with E-state index >= 15 is 0 Å². The number of nitrogens with one attached hydrogen (secondary N) is 1. The van der Waals surface area contributed by atoms with Crippen molar-refractivity contribution in [2.24, 2.45) is 0 Å². The first-order valence-electron chi connectivity index (χ1n) is 7.18. The minimum absolute atomic E-state index is 0.0962. The molecule has 8 nitrogen and oxygen atoms in total. The fourth-order valence-corrected chi connectivity index (χ4v) is 2.42. The van der Waals surface area contributed by atoms with Crippen molar-refractivity contribution in [1.82, 2.24) is 19.7 Å². The third-order valence-corrected chi connectivity index (χ3v) is 3.40. The number of nitrogens with zero attached hydrogens (tertiary/aromatic N) is 3. The summed E-state index contributed by atoms with van der Waals surface area (Å²) >= 11 is 0. The molecule has 0 aliphatic carbocycles. The number of aliphatic hydroxyl groups is 2. The Bertz CT molecular complexity index is 637. The zero-order valence-electron chi connectivity index (χ0n) is 13.4. The van der Waals surface area contributed by atoms with Crippen LogP contribution in [0.25, 0.3) is 11.0 Å². The number of hydrogen-bond acceptors (Lipinski definition) is 6. The standard InChI is InChI=1S/C12H16N4O2.2CH4O/c1-3-8-4-5-10(18-8)16-11-9(6-13-16)12(17)15-7(2)14-11;2*1-2/h6,8,10H,3-5H2,1-2H3,(H,14,15,17);2*2H,1H3/t8-,10-;;/m1../s1. The molecular formula is C14H24N4O4. The maximum absolute atomic E-state index is 11.8. The predicted octanol–water partition coefficient (Wildman–Crippen LogP) is 0.733. The highest BCUT2D eigenvalue weighted by Crippen LogP contribution is 2.30. The van der Waals surface area contributed by atoms with E-state index in [1.165, 1.54) is 0 Å². The van der Waals surface area contributed by atoms with Crippen molar-refractivity contribution in [2.75, 3.05) is 14.2 Å². The van der Waals surface area contributed by atoms with Crippen LogP contribution in [0.2, 0.25) is 0 Å². The number of H-pyrrole nitrogens is 1. The lowest BCUT2D eigenvalue weighted by molar-refractivity contribution is -0.00404. The zero-order valence-corrected chi connectivity index (χ0v) is 13.4. The van der Waals surface area contributed by atoms with Gasteiger partial charge in [0.05, 0.1) is 12.3 Å². The van der Waals surface area contributed by atoms with E-state index in [4.69, 9.17) is 14.9 Å². The Morgan fingerprint density at radius 2 is 2.05 bits per heavy atom. The van der Waals surface area contributed by atoms with Gasteiger partial charge in [-0.25, -0.2) is 9.67 Å². The maximum atomic E-state index is 11.8. The van der Waals surface area contributed by atoms with Crippen molar-refractivity contribution in [2.45, 2.75) is 45.4 Å². The number of aryl methyl sites for hydroxylation is 1. The molecule has 3 N–H and O–H groups in total. The average Bonchev–Trinajstić information content (AvgIpc) is 3.17. The van der Waals surface area contributed by atoms with Gasteiger partial charge in [-0.05, 0) is 26.2 Å². The summed E-state index contributed by atoms with van der Waals surface area (Å²) in [6.45, 7) is 3.88. The normalized spacial score (nSPS) is 20.1.